The van der Waals surface area contributed by atoms with Crippen molar-refractivity contribution in [2.24, 2.45) is 0 Å². The van der Waals surface area contributed by atoms with Crippen molar-refractivity contribution in [1.82, 2.24) is 14.7 Å². The van der Waals surface area contributed by atoms with E-state index in [0.717, 1.165) is 0 Å². The summed E-state index contributed by atoms with van der Waals surface area (Å²) in [5.41, 5.74) is 0. The minimum Gasteiger partial charge on any atom is -0.348 e. The molecule has 0 saturated carbocycles. The van der Waals surface area contributed by atoms with E-state index in [4.69, 9.17) is 9.47 Å². The van der Waals surface area contributed by atoms with Crippen molar-refractivity contribution >= 4 is 11.9 Å². The third-order valence-corrected chi connectivity index (χ3v) is 3.53. The number of ether oxygens (including phenoxy) is 2. The normalized spacial score (nSPS) is 15.7. The van der Waals surface area contributed by atoms with E-state index in [1.807, 2.05) is 13.8 Å². The van der Waals surface area contributed by atoms with Gasteiger partial charge < -0.3 is 24.2 Å². The van der Waals surface area contributed by atoms with Gasteiger partial charge in [-0.1, -0.05) is 0 Å². The van der Waals surface area contributed by atoms with Crippen LogP contribution in [0.3, 0.4) is 0 Å². The molecule has 116 valence electrons. The number of amides is 3. The van der Waals surface area contributed by atoms with Gasteiger partial charge in [-0.3, -0.25) is 4.79 Å². The van der Waals surface area contributed by atoms with Crippen molar-refractivity contribution in [3.05, 3.63) is 0 Å². The molecule has 0 radical (unpaired) electrons. The molecular formula is C13H25N3O4. The lowest BCUT2D eigenvalue weighted by Crippen LogP contribution is -2.55. The second-order valence-corrected chi connectivity index (χ2v) is 4.57. The van der Waals surface area contributed by atoms with Crippen LogP contribution in [0.5, 0.6) is 0 Å². The topological polar surface area (TPSA) is 62.3 Å². The van der Waals surface area contributed by atoms with Gasteiger partial charge in [0.15, 0.2) is 0 Å². The van der Waals surface area contributed by atoms with Crippen LogP contribution < -0.4 is 0 Å². The molecule has 0 spiro atoms. The number of rotatable bonds is 5. The molecule has 1 fully saturated rings. The van der Waals surface area contributed by atoms with E-state index < -0.39 is 6.29 Å². The molecule has 0 bridgehead atoms. The van der Waals surface area contributed by atoms with Crippen LogP contribution in [0.25, 0.3) is 0 Å². The summed E-state index contributed by atoms with van der Waals surface area (Å²) >= 11 is 0. The van der Waals surface area contributed by atoms with E-state index in [-0.39, 0.29) is 11.9 Å². The van der Waals surface area contributed by atoms with Crippen LogP contribution in [0.2, 0.25) is 0 Å². The van der Waals surface area contributed by atoms with Gasteiger partial charge in [-0.05, 0) is 13.8 Å². The monoisotopic (exact) mass is 287 g/mol. The van der Waals surface area contributed by atoms with Crippen LogP contribution in [0.4, 0.5) is 4.79 Å². The van der Waals surface area contributed by atoms with E-state index >= 15 is 0 Å². The quantitative estimate of drug-likeness (QED) is 0.678. The SMILES string of the molecule is CCN(CC)C(=O)N1CCN(C(=O)C(OC)OC)CC1. The number of carbonyl (C=O) groups excluding carboxylic acids is 2. The maximum Gasteiger partial charge on any atom is 0.320 e. The zero-order valence-electron chi connectivity index (χ0n) is 12.8. The number of piperazine rings is 1. The van der Waals surface area contributed by atoms with Crippen LogP contribution in [0.15, 0.2) is 0 Å². The Bertz CT molecular complexity index is 290. The molecular weight excluding hydrogens is 262 g/mol. The van der Waals surface area contributed by atoms with Crippen molar-refractivity contribution in [1.29, 1.82) is 0 Å². The van der Waals surface area contributed by atoms with Crippen LogP contribution in [-0.4, -0.2) is 86.4 Å². The van der Waals surface area contributed by atoms with E-state index in [1.165, 1.54) is 14.2 Å². The Labute approximate surface area is 120 Å². The van der Waals surface area contributed by atoms with Gasteiger partial charge in [-0.2, -0.15) is 0 Å². The summed E-state index contributed by atoms with van der Waals surface area (Å²) in [4.78, 5) is 29.5. The summed E-state index contributed by atoms with van der Waals surface area (Å²) in [6, 6.07) is 0.0390. The zero-order chi connectivity index (χ0) is 15.1. The molecule has 0 atom stereocenters. The van der Waals surface area contributed by atoms with Gasteiger partial charge in [0.2, 0.25) is 6.29 Å². The van der Waals surface area contributed by atoms with Gasteiger partial charge in [0.1, 0.15) is 0 Å². The minimum absolute atomic E-state index is 0.0390. The van der Waals surface area contributed by atoms with Crippen molar-refractivity contribution < 1.29 is 19.1 Å². The van der Waals surface area contributed by atoms with Crippen LogP contribution in [0.1, 0.15) is 13.8 Å². The first-order chi connectivity index (χ1) is 9.58. The van der Waals surface area contributed by atoms with Crippen molar-refractivity contribution in [3.8, 4) is 0 Å². The average Bonchev–Trinajstić information content (AvgIpc) is 2.49. The highest BCUT2D eigenvalue weighted by Crippen LogP contribution is 2.08. The molecule has 0 unspecified atom stereocenters. The number of carbonyl (C=O) groups is 2. The molecule has 1 heterocycles. The molecule has 3 amide bonds. The Morgan fingerprint density at radius 3 is 1.85 bits per heavy atom. The summed E-state index contributed by atoms with van der Waals surface area (Å²) in [7, 11) is 2.87. The van der Waals surface area contributed by atoms with Crippen molar-refractivity contribution in [2.75, 3.05) is 53.5 Å². The summed E-state index contributed by atoms with van der Waals surface area (Å²) < 4.78 is 9.92. The fourth-order valence-corrected chi connectivity index (χ4v) is 2.26. The summed E-state index contributed by atoms with van der Waals surface area (Å²) in [6.07, 6.45) is -0.861. The number of methoxy groups -OCH3 is 2. The van der Waals surface area contributed by atoms with Crippen LogP contribution in [0, 0.1) is 0 Å². The molecule has 1 rings (SSSR count). The zero-order valence-corrected chi connectivity index (χ0v) is 12.8. The van der Waals surface area contributed by atoms with Gasteiger partial charge >= 0.3 is 6.03 Å². The highest BCUT2D eigenvalue weighted by molar-refractivity contribution is 5.80. The van der Waals surface area contributed by atoms with E-state index in [1.54, 1.807) is 14.7 Å². The van der Waals surface area contributed by atoms with Crippen molar-refractivity contribution in [2.45, 2.75) is 20.1 Å². The predicted molar refractivity (Wildman–Crippen MR) is 74.3 cm³/mol. The molecule has 0 aromatic carbocycles. The number of urea groups is 1. The molecule has 1 aliphatic heterocycles. The molecule has 20 heavy (non-hydrogen) atoms. The molecule has 7 heteroatoms. The lowest BCUT2D eigenvalue weighted by Gasteiger charge is -2.37. The number of hydrogen-bond donors (Lipinski definition) is 0. The first-order valence-electron chi connectivity index (χ1n) is 6.97. The Morgan fingerprint density at radius 2 is 1.45 bits per heavy atom. The summed E-state index contributed by atoms with van der Waals surface area (Å²) in [5, 5.41) is 0. The van der Waals surface area contributed by atoms with Gasteiger partial charge in [0.25, 0.3) is 5.91 Å². The maximum atomic E-state index is 12.2. The Kier molecular flexibility index (Phi) is 6.74. The smallest absolute Gasteiger partial charge is 0.320 e. The molecule has 0 aliphatic carbocycles. The van der Waals surface area contributed by atoms with Crippen molar-refractivity contribution in [3.63, 3.8) is 0 Å². The third kappa shape index (κ3) is 3.83. The van der Waals surface area contributed by atoms with Gasteiger partial charge in [-0.25, -0.2) is 4.79 Å². The van der Waals surface area contributed by atoms with E-state index in [2.05, 4.69) is 0 Å². The van der Waals surface area contributed by atoms with Gasteiger partial charge in [0, 0.05) is 53.5 Å². The number of hydrogen-bond acceptors (Lipinski definition) is 4. The van der Waals surface area contributed by atoms with Gasteiger partial charge in [-0.15, -0.1) is 0 Å². The highest BCUT2D eigenvalue weighted by Gasteiger charge is 2.29. The third-order valence-electron chi connectivity index (χ3n) is 3.53. The molecule has 1 aliphatic rings. The molecule has 0 aromatic rings. The van der Waals surface area contributed by atoms with Gasteiger partial charge in [0.05, 0.1) is 0 Å². The Balaban J connectivity index is 2.51. The Morgan fingerprint density at radius 1 is 1.00 bits per heavy atom. The lowest BCUT2D eigenvalue weighted by atomic mass is 10.3. The summed E-state index contributed by atoms with van der Waals surface area (Å²) in [5.74, 6) is -0.190. The lowest BCUT2D eigenvalue weighted by molar-refractivity contribution is -0.171. The average molecular weight is 287 g/mol. The largest absolute Gasteiger partial charge is 0.348 e. The second kappa shape index (κ2) is 8.06. The fourth-order valence-electron chi connectivity index (χ4n) is 2.26. The number of nitrogens with zero attached hydrogens (tertiary/aromatic N) is 3. The highest BCUT2D eigenvalue weighted by atomic mass is 16.7. The molecule has 0 N–H and O–H groups in total. The van der Waals surface area contributed by atoms with E-state index in [9.17, 15) is 9.59 Å². The minimum atomic E-state index is -0.861. The molecule has 7 nitrogen and oxygen atoms in total. The first kappa shape index (κ1) is 16.7. The standard InChI is InChI=1S/C13H25N3O4/c1-5-14(6-2)13(18)16-9-7-15(8-10-16)11(17)12(19-3)20-4/h12H,5-10H2,1-4H3. The molecule has 0 aromatic heterocycles. The fraction of sp³-hybridized carbons (Fsp3) is 0.846. The Hall–Kier alpha value is -1.34. The second-order valence-electron chi connectivity index (χ2n) is 4.57. The summed E-state index contributed by atoms with van der Waals surface area (Å²) in [6.45, 7) is 7.42. The molecule has 1 saturated heterocycles. The van der Waals surface area contributed by atoms with Crippen LogP contribution >= 0.6 is 0 Å². The first-order valence-corrected chi connectivity index (χ1v) is 6.97. The van der Waals surface area contributed by atoms with E-state index in [0.29, 0.717) is 39.3 Å². The maximum absolute atomic E-state index is 12.2. The van der Waals surface area contributed by atoms with Crippen LogP contribution in [-0.2, 0) is 14.3 Å². The predicted octanol–water partition coefficient (Wildman–Crippen LogP) is 0.211.